The SMILES string of the molecule is Cc1cncc(N2CC[C@@H](Cc3c(C)nc4nc(C)nn4c3C)C2)n1. The third-order valence-electron chi connectivity index (χ3n) is 5.00. The number of rotatable bonds is 3. The van der Waals surface area contributed by atoms with Crippen LogP contribution < -0.4 is 4.90 Å². The van der Waals surface area contributed by atoms with E-state index in [-0.39, 0.29) is 0 Å². The molecule has 7 heteroatoms. The highest BCUT2D eigenvalue weighted by molar-refractivity contribution is 5.39. The molecule has 0 spiro atoms. The fourth-order valence-corrected chi connectivity index (χ4v) is 3.70. The van der Waals surface area contributed by atoms with Gasteiger partial charge in [0.1, 0.15) is 11.6 Å². The van der Waals surface area contributed by atoms with E-state index < -0.39 is 0 Å². The highest BCUT2D eigenvalue weighted by Gasteiger charge is 2.26. The standard InChI is InChI=1S/C18H23N7/c1-11-8-19-9-17(20-11)24-6-5-15(10-24)7-16-12(2)21-18-22-14(4)23-25(18)13(16)3/h8-9,15H,5-7,10H2,1-4H3/t15-/m0/s1. The average Bonchev–Trinajstić information content (AvgIpc) is 3.18. The number of fused-ring (bicyclic) bond motifs is 1. The third-order valence-corrected chi connectivity index (χ3v) is 5.00. The van der Waals surface area contributed by atoms with Gasteiger partial charge in [0, 0.05) is 30.7 Å². The Morgan fingerprint density at radius 1 is 1.08 bits per heavy atom. The van der Waals surface area contributed by atoms with E-state index in [1.807, 2.05) is 24.6 Å². The molecule has 1 fully saturated rings. The molecule has 1 aliphatic heterocycles. The van der Waals surface area contributed by atoms with Gasteiger partial charge < -0.3 is 4.90 Å². The van der Waals surface area contributed by atoms with Gasteiger partial charge in [-0.3, -0.25) is 4.98 Å². The number of nitrogens with zero attached hydrogens (tertiary/aromatic N) is 7. The molecule has 3 aromatic rings. The second-order valence-corrected chi connectivity index (χ2v) is 6.96. The second kappa shape index (κ2) is 6.06. The van der Waals surface area contributed by atoms with Crippen LogP contribution in [0, 0.1) is 33.6 Å². The van der Waals surface area contributed by atoms with Crippen molar-refractivity contribution in [3.8, 4) is 0 Å². The van der Waals surface area contributed by atoms with E-state index in [1.54, 1.807) is 6.20 Å². The molecule has 0 bridgehead atoms. The van der Waals surface area contributed by atoms with E-state index in [4.69, 9.17) is 0 Å². The summed E-state index contributed by atoms with van der Waals surface area (Å²) in [5.41, 5.74) is 4.46. The molecule has 1 saturated heterocycles. The Hall–Kier alpha value is -2.57. The molecule has 0 amide bonds. The summed E-state index contributed by atoms with van der Waals surface area (Å²) >= 11 is 0. The summed E-state index contributed by atoms with van der Waals surface area (Å²) in [6.07, 6.45) is 5.82. The molecule has 25 heavy (non-hydrogen) atoms. The third kappa shape index (κ3) is 2.94. The van der Waals surface area contributed by atoms with Crippen LogP contribution in [0.25, 0.3) is 5.78 Å². The highest BCUT2D eigenvalue weighted by atomic mass is 15.3. The number of hydrogen-bond acceptors (Lipinski definition) is 6. The van der Waals surface area contributed by atoms with E-state index in [1.165, 1.54) is 5.56 Å². The van der Waals surface area contributed by atoms with E-state index >= 15 is 0 Å². The monoisotopic (exact) mass is 337 g/mol. The van der Waals surface area contributed by atoms with Gasteiger partial charge in [0.2, 0.25) is 0 Å². The fraction of sp³-hybridized carbons (Fsp3) is 0.500. The van der Waals surface area contributed by atoms with Crippen LogP contribution in [-0.4, -0.2) is 42.6 Å². The molecular weight excluding hydrogens is 314 g/mol. The zero-order valence-electron chi connectivity index (χ0n) is 15.2. The lowest BCUT2D eigenvalue weighted by Gasteiger charge is -2.18. The summed E-state index contributed by atoms with van der Waals surface area (Å²) in [6.45, 7) is 10.1. The van der Waals surface area contributed by atoms with Crippen molar-refractivity contribution in [2.45, 2.75) is 40.5 Å². The van der Waals surface area contributed by atoms with Gasteiger partial charge in [-0.25, -0.2) is 14.5 Å². The summed E-state index contributed by atoms with van der Waals surface area (Å²) in [7, 11) is 0. The highest BCUT2D eigenvalue weighted by Crippen LogP contribution is 2.26. The normalized spacial score (nSPS) is 17.6. The molecule has 0 aliphatic carbocycles. The van der Waals surface area contributed by atoms with Crippen molar-refractivity contribution in [2.75, 3.05) is 18.0 Å². The Morgan fingerprint density at radius 2 is 1.92 bits per heavy atom. The van der Waals surface area contributed by atoms with Crippen molar-refractivity contribution in [1.82, 2.24) is 29.5 Å². The van der Waals surface area contributed by atoms with E-state index in [0.717, 1.165) is 54.7 Å². The molecule has 0 N–H and O–H groups in total. The van der Waals surface area contributed by atoms with Crippen molar-refractivity contribution in [1.29, 1.82) is 0 Å². The van der Waals surface area contributed by atoms with Gasteiger partial charge in [-0.1, -0.05) is 0 Å². The molecule has 130 valence electrons. The number of aryl methyl sites for hydroxylation is 4. The van der Waals surface area contributed by atoms with Gasteiger partial charge in [-0.05, 0) is 52.0 Å². The summed E-state index contributed by atoms with van der Waals surface area (Å²) in [6, 6.07) is 0. The summed E-state index contributed by atoms with van der Waals surface area (Å²) in [5.74, 6) is 3.02. The first-order valence-electron chi connectivity index (χ1n) is 8.74. The molecule has 0 aromatic carbocycles. The number of anilines is 1. The van der Waals surface area contributed by atoms with Gasteiger partial charge in [0.05, 0.1) is 11.9 Å². The van der Waals surface area contributed by atoms with Crippen LogP contribution in [0.3, 0.4) is 0 Å². The first kappa shape index (κ1) is 15.9. The van der Waals surface area contributed by atoms with Crippen LogP contribution >= 0.6 is 0 Å². The van der Waals surface area contributed by atoms with Crippen LogP contribution in [0.2, 0.25) is 0 Å². The molecular formula is C18H23N7. The van der Waals surface area contributed by atoms with Crippen molar-refractivity contribution < 1.29 is 0 Å². The molecule has 3 aromatic heterocycles. The van der Waals surface area contributed by atoms with Crippen molar-refractivity contribution in [3.63, 3.8) is 0 Å². The molecule has 4 rings (SSSR count). The maximum absolute atomic E-state index is 4.64. The second-order valence-electron chi connectivity index (χ2n) is 6.96. The Kier molecular flexibility index (Phi) is 3.86. The van der Waals surface area contributed by atoms with E-state index in [9.17, 15) is 0 Å². The number of hydrogen-bond donors (Lipinski definition) is 0. The molecule has 4 heterocycles. The maximum Gasteiger partial charge on any atom is 0.252 e. The van der Waals surface area contributed by atoms with Crippen molar-refractivity contribution >= 4 is 11.6 Å². The summed E-state index contributed by atoms with van der Waals surface area (Å²) in [4.78, 5) is 20.2. The Labute approximate surface area is 147 Å². The minimum atomic E-state index is 0.587. The lowest BCUT2D eigenvalue weighted by molar-refractivity contribution is 0.577. The van der Waals surface area contributed by atoms with Crippen molar-refractivity contribution in [2.24, 2.45) is 5.92 Å². The lowest BCUT2D eigenvalue weighted by atomic mass is 9.96. The minimum absolute atomic E-state index is 0.587. The molecule has 0 radical (unpaired) electrons. The van der Waals surface area contributed by atoms with Gasteiger partial charge in [0.15, 0.2) is 0 Å². The zero-order valence-corrected chi connectivity index (χ0v) is 15.2. The predicted molar refractivity (Wildman–Crippen MR) is 95.8 cm³/mol. The fourth-order valence-electron chi connectivity index (χ4n) is 3.70. The smallest absolute Gasteiger partial charge is 0.252 e. The van der Waals surface area contributed by atoms with Gasteiger partial charge >= 0.3 is 0 Å². The predicted octanol–water partition coefficient (Wildman–Crippen LogP) is 2.22. The van der Waals surface area contributed by atoms with Crippen LogP contribution in [0.1, 0.15) is 34.9 Å². The van der Waals surface area contributed by atoms with Gasteiger partial charge in [-0.2, -0.15) is 10.1 Å². The topological polar surface area (TPSA) is 72.1 Å². The Balaban J connectivity index is 1.56. The first-order chi connectivity index (χ1) is 12.0. The van der Waals surface area contributed by atoms with Gasteiger partial charge in [0.25, 0.3) is 5.78 Å². The summed E-state index contributed by atoms with van der Waals surface area (Å²) in [5, 5.41) is 4.48. The average molecular weight is 337 g/mol. The van der Waals surface area contributed by atoms with Crippen molar-refractivity contribution in [3.05, 3.63) is 40.9 Å². The maximum atomic E-state index is 4.64. The van der Waals surface area contributed by atoms with Crippen LogP contribution in [0.4, 0.5) is 5.82 Å². The van der Waals surface area contributed by atoms with Crippen LogP contribution in [0.15, 0.2) is 12.4 Å². The number of aromatic nitrogens is 6. The molecule has 0 saturated carbocycles. The Bertz CT molecular complexity index is 931. The van der Waals surface area contributed by atoms with Gasteiger partial charge in [-0.15, -0.1) is 0 Å². The zero-order chi connectivity index (χ0) is 17.6. The summed E-state index contributed by atoms with van der Waals surface area (Å²) < 4.78 is 1.87. The van der Waals surface area contributed by atoms with E-state index in [0.29, 0.717) is 11.7 Å². The first-order valence-corrected chi connectivity index (χ1v) is 8.74. The Morgan fingerprint density at radius 3 is 2.72 bits per heavy atom. The largest absolute Gasteiger partial charge is 0.355 e. The quantitative estimate of drug-likeness (QED) is 0.730. The van der Waals surface area contributed by atoms with Crippen LogP contribution in [0.5, 0.6) is 0 Å². The lowest BCUT2D eigenvalue weighted by Crippen LogP contribution is -2.22. The molecule has 0 unspecified atom stereocenters. The molecule has 1 atom stereocenters. The molecule has 1 aliphatic rings. The van der Waals surface area contributed by atoms with Crippen LogP contribution in [-0.2, 0) is 6.42 Å². The van der Waals surface area contributed by atoms with E-state index in [2.05, 4.69) is 43.8 Å². The molecule has 7 nitrogen and oxygen atoms in total. The minimum Gasteiger partial charge on any atom is -0.355 e.